The molecule has 0 atom stereocenters. The number of thiazole rings is 1. The fraction of sp³-hybridized carbons (Fsp3) is 0.769. The van der Waals surface area contributed by atoms with Gasteiger partial charge in [0, 0.05) is 45.3 Å². The van der Waals surface area contributed by atoms with E-state index in [1.807, 2.05) is 7.05 Å². The topological polar surface area (TPSA) is 46.6 Å². The summed E-state index contributed by atoms with van der Waals surface area (Å²) in [4.78, 5) is 8.24. The van der Waals surface area contributed by atoms with Gasteiger partial charge in [0.25, 0.3) is 0 Å². The Bertz CT molecular complexity index is 358. The van der Waals surface area contributed by atoms with Crippen LogP contribution in [0.4, 0.5) is 5.13 Å². The SMILES string of the molecule is CNCc1sc(N(CCCOC)CCOC)nc1C. The van der Waals surface area contributed by atoms with Crippen molar-refractivity contribution in [3.05, 3.63) is 10.6 Å². The van der Waals surface area contributed by atoms with Gasteiger partial charge in [0.15, 0.2) is 5.13 Å². The van der Waals surface area contributed by atoms with Gasteiger partial charge in [-0.25, -0.2) is 4.98 Å². The van der Waals surface area contributed by atoms with Crippen LogP contribution in [0.15, 0.2) is 0 Å². The zero-order valence-electron chi connectivity index (χ0n) is 12.4. The molecule has 0 unspecified atom stereocenters. The Morgan fingerprint density at radius 2 is 1.95 bits per heavy atom. The lowest BCUT2D eigenvalue weighted by molar-refractivity contribution is 0.191. The molecule has 0 fully saturated rings. The normalized spacial score (nSPS) is 10.9. The van der Waals surface area contributed by atoms with Crippen molar-refractivity contribution in [1.82, 2.24) is 10.3 Å². The predicted octanol–water partition coefficient (Wildman–Crippen LogP) is 1.66. The molecule has 0 saturated carbocycles. The first kappa shape index (κ1) is 16.4. The molecule has 6 heteroatoms. The van der Waals surface area contributed by atoms with E-state index < -0.39 is 0 Å². The van der Waals surface area contributed by atoms with E-state index in [4.69, 9.17) is 9.47 Å². The predicted molar refractivity (Wildman–Crippen MR) is 80.2 cm³/mol. The Morgan fingerprint density at radius 3 is 2.58 bits per heavy atom. The van der Waals surface area contributed by atoms with Gasteiger partial charge in [-0.3, -0.25) is 0 Å². The first-order chi connectivity index (χ1) is 9.22. The third-order valence-electron chi connectivity index (χ3n) is 2.83. The van der Waals surface area contributed by atoms with Gasteiger partial charge in [-0.1, -0.05) is 0 Å². The summed E-state index contributed by atoms with van der Waals surface area (Å²) < 4.78 is 10.3. The second-order valence-electron chi connectivity index (χ2n) is 4.36. The van der Waals surface area contributed by atoms with Crippen molar-refractivity contribution in [2.24, 2.45) is 0 Å². The molecular weight excluding hydrogens is 262 g/mol. The number of hydrogen-bond donors (Lipinski definition) is 1. The minimum absolute atomic E-state index is 0.715. The van der Waals surface area contributed by atoms with E-state index in [-0.39, 0.29) is 0 Å². The van der Waals surface area contributed by atoms with Crippen molar-refractivity contribution in [3.63, 3.8) is 0 Å². The van der Waals surface area contributed by atoms with E-state index >= 15 is 0 Å². The molecule has 0 spiro atoms. The van der Waals surface area contributed by atoms with Gasteiger partial charge in [0.1, 0.15) is 0 Å². The first-order valence-electron chi connectivity index (χ1n) is 6.56. The van der Waals surface area contributed by atoms with E-state index in [2.05, 4.69) is 22.1 Å². The van der Waals surface area contributed by atoms with Crippen LogP contribution >= 0.6 is 11.3 Å². The standard InChI is InChI=1S/C13H25N3O2S/c1-11-12(10-14-2)19-13(15-11)16(7-9-18-4)6-5-8-17-3/h14H,5-10H2,1-4H3. The highest BCUT2D eigenvalue weighted by Gasteiger charge is 2.13. The zero-order chi connectivity index (χ0) is 14.1. The number of rotatable bonds is 10. The number of hydrogen-bond acceptors (Lipinski definition) is 6. The third kappa shape index (κ3) is 5.44. The van der Waals surface area contributed by atoms with Gasteiger partial charge < -0.3 is 19.7 Å². The molecule has 19 heavy (non-hydrogen) atoms. The number of ether oxygens (including phenoxy) is 2. The Hall–Kier alpha value is -0.690. The zero-order valence-corrected chi connectivity index (χ0v) is 13.2. The maximum absolute atomic E-state index is 5.18. The maximum atomic E-state index is 5.18. The summed E-state index contributed by atoms with van der Waals surface area (Å²) in [5, 5.41) is 4.26. The van der Waals surface area contributed by atoms with E-state index in [0.29, 0.717) is 6.61 Å². The molecular formula is C13H25N3O2S. The van der Waals surface area contributed by atoms with E-state index in [1.165, 1.54) is 4.88 Å². The number of aromatic nitrogens is 1. The number of nitrogens with zero attached hydrogens (tertiary/aromatic N) is 2. The lowest BCUT2D eigenvalue weighted by Gasteiger charge is -2.21. The first-order valence-corrected chi connectivity index (χ1v) is 7.38. The van der Waals surface area contributed by atoms with Crippen molar-refractivity contribution in [1.29, 1.82) is 0 Å². The summed E-state index contributed by atoms with van der Waals surface area (Å²) in [6.45, 7) is 6.25. The van der Waals surface area contributed by atoms with Crippen molar-refractivity contribution >= 4 is 16.5 Å². The van der Waals surface area contributed by atoms with Crippen LogP contribution in [-0.2, 0) is 16.0 Å². The molecule has 0 aliphatic heterocycles. The average molecular weight is 287 g/mol. The number of nitrogens with one attached hydrogen (secondary N) is 1. The molecule has 110 valence electrons. The van der Waals surface area contributed by atoms with Crippen LogP contribution in [0.5, 0.6) is 0 Å². The summed E-state index contributed by atoms with van der Waals surface area (Å²) in [5.41, 5.74) is 1.11. The lowest BCUT2D eigenvalue weighted by atomic mass is 10.4. The van der Waals surface area contributed by atoms with Crippen LogP contribution in [0.2, 0.25) is 0 Å². The quantitative estimate of drug-likeness (QED) is 0.663. The number of aryl methyl sites for hydroxylation is 1. The molecule has 0 amide bonds. The molecule has 0 aliphatic carbocycles. The summed E-state index contributed by atoms with van der Waals surface area (Å²) in [7, 11) is 5.42. The van der Waals surface area contributed by atoms with Gasteiger partial charge in [-0.15, -0.1) is 11.3 Å². The molecule has 1 N–H and O–H groups in total. The van der Waals surface area contributed by atoms with E-state index in [0.717, 1.165) is 43.5 Å². The van der Waals surface area contributed by atoms with Crippen LogP contribution < -0.4 is 10.2 Å². The monoisotopic (exact) mass is 287 g/mol. The Morgan fingerprint density at radius 1 is 1.21 bits per heavy atom. The fourth-order valence-corrected chi connectivity index (χ4v) is 2.90. The van der Waals surface area contributed by atoms with Crippen LogP contribution in [0.3, 0.4) is 0 Å². The summed E-state index contributed by atoms with van der Waals surface area (Å²) in [5.74, 6) is 0. The number of anilines is 1. The molecule has 1 aromatic rings. The molecule has 0 bridgehead atoms. The Balaban J connectivity index is 2.68. The molecule has 0 aliphatic rings. The summed E-state index contributed by atoms with van der Waals surface area (Å²) in [6, 6.07) is 0. The highest BCUT2D eigenvalue weighted by atomic mass is 32.1. The largest absolute Gasteiger partial charge is 0.385 e. The summed E-state index contributed by atoms with van der Waals surface area (Å²) >= 11 is 1.76. The molecule has 1 heterocycles. The molecule has 0 radical (unpaired) electrons. The van der Waals surface area contributed by atoms with Gasteiger partial charge in [-0.05, 0) is 20.4 Å². The molecule has 0 aromatic carbocycles. The van der Waals surface area contributed by atoms with Crippen molar-refractivity contribution < 1.29 is 9.47 Å². The van der Waals surface area contributed by atoms with Crippen molar-refractivity contribution in [2.45, 2.75) is 19.9 Å². The minimum Gasteiger partial charge on any atom is -0.385 e. The van der Waals surface area contributed by atoms with Gasteiger partial charge in [0.05, 0.1) is 12.3 Å². The van der Waals surface area contributed by atoms with E-state index in [9.17, 15) is 0 Å². The average Bonchev–Trinajstić information content (AvgIpc) is 2.76. The second kappa shape index (κ2) is 9.25. The van der Waals surface area contributed by atoms with Gasteiger partial charge in [-0.2, -0.15) is 0 Å². The second-order valence-corrected chi connectivity index (χ2v) is 5.42. The maximum Gasteiger partial charge on any atom is 0.185 e. The third-order valence-corrected chi connectivity index (χ3v) is 4.05. The number of methoxy groups -OCH3 is 2. The smallest absolute Gasteiger partial charge is 0.185 e. The van der Waals surface area contributed by atoms with Crippen LogP contribution in [0.1, 0.15) is 17.0 Å². The lowest BCUT2D eigenvalue weighted by Crippen LogP contribution is -2.28. The van der Waals surface area contributed by atoms with Gasteiger partial charge in [0.2, 0.25) is 0 Å². The molecule has 5 nitrogen and oxygen atoms in total. The van der Waals surface area contributed by atoms with Crippen molar-refractivity contribution in [3.8, 4) is 0 Å². The van der Waals surface area contributed by atoms with E-state index in [1.54, 1.807) is 25.6 Å². The van der Waals surface area contributed by atoms with Crippen LogP contribution in [-0.4, -0.2) is 52.6 Å². The molecule has 1 aromatic heterocycles. The summed E-state index contributed by atoms with van der Waals surface area (Å²) in [6.07, 6.45) is 1.00. The Labute approximate surface area is 119 Å². The highest BCUT2D eigenvalue weighted by Crippen LogP contribution is 2.26. The van der Waals surface area contributed by atoms with Crippen LogP contribution in [0, 0.1) is 6.92 Å². The Kier molecular flexibility index (Phi) is 7.97. The fourth-order valence-electron chi connectivity index (χ4n) is 1.78. The van der Waals surface area contributed by atoms with Gasteiger partial charge >= 0.3 is 0 Å². The molecule has 0 saturated heterocycles. The highest BCUT2D eigenvalue weighted by molar-refractivity contribution is 7.15. The van der Waals surface area contributed by atoms with Crippen LogP contribution in [0.25, 0.3) is 0 Å². The minimum atomic E-state index is 0.715. The molecule has 1 rings (SSSR count). The van der Waals surface area contributed by atoms with Crippen molar-refractivity contribution in [2.75, 3.05) is 52.5 Å².